The molecule has 5 nitrogen and oxygen atoms in total. The Morgan fingerprint density at radius 1 is 0.903 bits per heavy atom. The van der Waals surface area contributed by atoms with Crippen LogP contribution in [0.3, 0.4) is 0 Å². The van der Waals surface area contributed by atoms with Crippen LogP contribution in [0.5, 0.6) is 0 Å². The van der Waals surface area contributed by atoms with E-state index in [-0.39, 0.29) is 43.8 Å². The molecule has 0 aliphatic rings. The van der Waals surface area contributed by atoms with Crippen LogP contribution in [0.4, 0.5) is 22.0 Å². The molecule has 0 bridgehead atoms. The van der Waals surface area contributed by atoms with Crippen molar-refractivity contribution in [3.63, 3.8) is 0 Å². The van der Waals surface area contributed by atoms with Crippen molar-refractivity contribution in [1.29, 1.82) is 0 Å². The number of nitrogens with zero attached hydrogens (tertiary/aromatic N) is 5. The fraction of sp³-hybridized carbons (Fsp3) is 0.0526. The van der Waals surface area contributed by atoms with E-state index in [2.05, 4.69) is 31.2 Å². The van der Waals surface area contributed by atoms with Crippen molar-refractivity contribution in [3.05, 3.63) is 72.1 Å². The predicted octanol–water partition coefficient (Wildman–Crippen LogP) is 4.80. The van der Waals surface area contributed by atoms with E-state index in [1.807, 2.05) is 0 Å². The largest absolute Gasteiger partial charge is 2.00 e. The van der Waals surface area contributed by atoms with Crippen LogP contribution in [0.25, 0.3) is 22.8 Å². The van der Waals surface area contributed by atoms with Gasteiger partial charge in [0, 0.05) is 11.6 Å². The molecule has 3 heterocycles. The standard InChI is InChI=1S/C19H8F5N5S.Pt/c20-10-7-8-11(12(21)9-10)13-3-1-5-15(25-13)30-16-6-2-4-14(26-16)17-27-18(29-28-17)19(22,23)24;/h1-7,9H;/q-2;+2. The topological polar surface area (TPSA) is 65.7 Å². The molecule has 0 unspecified atom stereocenters. The minimum atomic E-state index is -4.70. The minimum absolute atomic E-state index is 0. The van der Waals surface area contributed by atoms with Crippen LogP contribution in [0.1, 0.15) is 5.82 Å². The van der Waals surface area contributed by atoms with E-state index in [0.717, 1.165) is 23.9 Å². The van der Waals surface area contributed by atoms with Gasteiger partial charge < -0.3 is 10.1 Å². The summed E-state index contributed by atoms with van der Waals surface area (Å²) in [6.45, 7) is 0. The minimum Gasteiger partial charge on any atom is -0.413 e. The summed E-state index contributed by atoms with van der Waals surface area (Å²) < 4.78 is 65.1. The Hall–Kier alpha value is -2.65. The zero-order chi connectivity index (χ0) is 21.3. The molecule has 160 valence electrons. The third kappa shape index (κ3) is 5.34. The molecule has 3 aromatic heterocycles. The molecule has 0 fully saturated rings. The second kappa shape index (κ2) is 9.23. The molecule has 1 aromatic carbocycles. The Morgan fingerprint density at radius 3 is 2.16 bits per heavy atom. The maximum Gasteiger partial charge on any atom is 2.00 e. The summed E-state index contributed by atoms with van der Waals surface area (Å²) in [7, 11) is 0. The summed E-state index contributed by atoms with van der Waals surface area (Å²) in [6, 6.07) is 13.7. The van der Waals surface area contributed by atoms with Crippen LogP contribution in [0.15, 0.2) is 58.6 Å². The van der Waals surface area contributed by atoms with Crippen LogP contribution >= 0.6 is 11.8 Å². The molecule has 0 saturated carbocycles. The van der Waals surface area contributed by atoms with Gasteiger partial charge in [0.05, 0.1) is 10.7 Å². The number of halogens is 5. The quantitative estimate of drug-likeness (QED) is 0.239. The normalized spacial score (nSPS) is 11.3. The number of alkyl halides is 3. The fourth-order valence-corrected chi connectivity index (χ4v) is 3.22. The summed E-state index contributed by atoms with van der Waals surface area (Å²) in [5.41, 5.74) is 0.362. The van der Waals surface area contributed by atoms with Crippen molar-refractivity contribution in [1.82, 2.24) is 25.1 Å². The van der Waals surface area contributed by atoms with Crippen LogP contribution < -0.4 is 5.10 Å². The molecule has 0 spiro atoms. The van der Waals surface area contributed by atoms with E-state index in [0.29, 0.717) is 10.1 Å². The van der Waals surface area contributed by atoms with E-state index in [1.54, 1.807) is 30.3 Å². The van der Waals surface area contributed by atoms with E-state index >= 15 is 0 Å². The maximum atomic E-state index is 14.0. The summed E-state index contributed by atoms with van der Waals surface area (Å²) >= 11 is 1.10. The zero-order valence-electron chi connectivity index (χ0n) is 15.0. The van der Waals surface area contributed by atoms with Gasteiger partial charge in [-0.2, -0.15) is 13.2 Å². The first kappa shape index (κ1) is 23.0. The molecule has 0 aliphatic heterocycles. The molecule has 12 heteroatoms. The molecule has 31 heavy (non-hydrogen) atoms. The molecular weight excluding hydrogens is 620 g/mol. The molecule has 0 saturated heterocycles. The van der Waals surface area contributed by atoms with Crippen molar-refractivity contribution in [2.24, 2.45) is 0 Å². The molecule has 4 rings (SSSR count). The predicted molar refractivity (Wildman–Crippen MR) is 96.1 cm³/mol. The van der Waals surface area contributed by atoms with Gasteiger partial charge >= 0.3 is 27.2 Å². The second-order valence-corrected chi connectivity index (χ2v) is 6.86. The van der Waals surface area contributed by atoms with Crippen LogP contribution in [0.2, 0.25) is 0 Å². The third-order valence-electron chi connectivity index (χ3n) is 3.70. The summed E-state index contributed by atoms with van der Waals surface area (Å²) in [5.74, 6) is -3.15. The van der Waals surface area contributed by atoms with Crippen molar-refractivity contribution < 1.29 is 43.0 Å². The van der Waals surface area contributed by atoms with Gasteiger partial charge in [-0.3, -0.25) is 18.9 Å². The van der Waals surface area contributed by atoms with E-state index < -0.39 is 23.6 Å². The van der Waals surface area contributed by atoms with Gasteiger partial charge in [-0.1, -0.05) is 41.6 Å². The molecule has 0 radical (unpaired) electrons. The molecular formula is C19H8F5N5PtS. The van der Waals surface area contributed by atoms with Gasteiger partial charge in [0.1, 0.15) is 10.9 Å². The van der Waals surface area contributed by atoms with Crippen molar-refractivity contribution in [3.8, 4) is 22.8 Å². The monoisotopic (exact) mass is 628 g/mol. The Kier molecular flexibility index (Phi) is 6.86. The van der Waals surface area contributed by atoms with Crippen molar-refractivity contribution >= 4 is 11.8 Å². The average molecular weight is 628 g/mol. The Balaban J connectivity index is 0.00000272. The second-order valence-electron chi connectivity index (χ2n) is 5.82. The first-order valence-electron chi connectivity index (χ1n) is 8.23. The summed E-state index contributed by atoms with van der Waals surface area (Å²) in [5, 5.41) is 7.29. The number of benzene rings is 1. The molecule has 0 atom stereocenters. The van der Waals surface area contributed by atoms with Gasteiger partial charge in [0.2, 0.25) is 0 Å². The third-order valence-corrected chi connectivity index (χ3v) is 4.58. The Morgan fingerprint density at radius 2 is 1.55 bits per heavy atom. The van der Waals surface area contributed by atoms with Gasteiger partial charge in [-0.15, -0.1) is 12.1 Å². The first-order chi connectivity index (χ1) is 14.3. The smallest absolute Gasteiger partial charge is 0.413 e. The van der Waals surface area contributed by atoms with Crippen molar-refractivity contribution in [2.45, 2.75) is 16.2 Å². The Labute approximate surface area is 190 Å². The van der Waals surface area contributed by atoms with E-state index in [4.69, 9.17) is 0 Å². The number of rotatable bonds is 4. The van der Waals surface area contributed by atoms with Crippen LogP contribution in [-0.2, 0) is 27.2 Å². The average Bonchev–Trinajstić information content (AvgIpc) is 3.19. The number of hydrogen-bond donors (Lipinski definition) is 0. The van der Waals surface area contributed by atoms with Crippen LogP contribution in [0, 0.1) is 17.7 Å². The number of pyridine rings is 2. The van der Waals surface area contributed by atoms with Gasteiger partial charge in [0.25, 0.3) is 0 Å². The molecule has 0 N–H and O–H groups in total. The number of hydrogen-bond acceptors (Lipinski definition) is 5. The summed E-state index contributed by atoms with van der Waals surface area (Å²) in [6.07, 6.45) is -4.70. The fourth-order valence-electron chi connectivity index (χ4n) is 2.42. The van der Waals surface area contributed by atoms with Gasteiger partial charge in [0.15, 0.2) is 0 Å². The van der Waals surface area contributed by atoms with Crippen molar-refractivity contribution in [2.75, 3.05) is 0 Å². The SMILES string of the molecule is Fc1c[c-]c(-c2cccc(Sc3cccc(-c4nc(C(F)(F)F)n[n-]4)n3)n2)c(F)c1.[Pt+2]. The molecule has 0 aliphatic carbocycles. The van der Waals surface area contributed by atoms with E-state index in [9.17, 15) is 22.0 Å². The van der Waals surface area contributed by atoms with E-state index in [1.165, 1.54) is 6.07 Å². The van der Waals surface area contributed by atoms with Gasteiger partial charge in [-0.25, -0.2) is 4.98 Å². The molecule has 4 aromatic rings. The van der Waals surface area contributed by atoms with Crippen LogP contribution in [-0.4, -0.2) is 20.1 Å². The maximum absolute atomic E-state index is 14.0. The number of aromatic nitrogens is 5. The Bertz CT molecular complexity index is 1210. The first-order valence-corrected chi connectivity index (χ1v) is 9.05. The van der Waals surface area contributed by atoms with Gasteiger partial charge in [-0.05, 0) is 29.7 Å². The zero-order valence-corrected chi connectivity index (χ0v) is 18.1. The summed E-state index contributed by atoms with van der Waals surface area (Å²) in [4.78, 5) is 11.9. The molecule has 0 amide bonds.